The average molecular weight is 348 g/mol. The van der Waals surface area contributed by atoms with Crippen LogP contribution in [0.15, 0.2) is 48.5 Å². The Morgan fingerprint density at radius 1 is 1.08 bits per heavy atom. The van der Waals surface area contributed by atoms with Gasteiger partial charge in [0, 0.05) is 35.1 Å². The molecule has 3 nitrogen and oxygen atoms in total. The van der Waals surface area contributed by atoms with Gasteiger partial charge in [0.25, 0.3) is 0 Å². The molecule has 2 atom stereocenters. The molecule has 0 saturated carbocycles. The molecular weight excluding hydrogens is 320 g/mol. The molecule has 3 heteroatoms. The van der Waals surface area contributed by atoms with Crippen molar-refractivity contribution >= 4 is 10.9 Å². The van der Waals surface area contributed by atoms with Gasteiger partial charge in [-0.05, 0) is 57.6 Å². The summed E-state index contributed by atoms with van der Waals surface area (Å²) in [4.78, 5) is 2.49. The third-order valence-corrected chi connectivity index (χ3v) is 5.91. The van der Waals surface area contributed by atoms with Gasteiger partial charge in [-0.2, -0.15) is 0 Å². The Hall–Kier alpha value is -2.26. The van der Waals surface area contributed by atoms with E-state index in [1.807, 2.05) is 30.3 Å². The van der Waals surface area contributed by atoms with Crippen molar-refractivity contribution < 1.29 is 4.74 Å². The van der Waals surface area contributed by atoms with Gasteiger partial charge >= 0.3 is 0 Å². The van der Waals surface area contributed by atoms with Crippen molar-refractivity contribution in [2.75, 3.05) is 13.7 Å². The number of aromatic nitrogens is 1. The lowest BCUT2D eigenvalue weighted by Gasteiger charge is -2.36. The topological polar surface area (TPSA) is 17.4 Å². The van der Waals surface area contributed by atoms with Crippen molar-refractivity contribution in [3.05, 3.63) is 65.4 Å². The highest BCUT2D eigenvalue weighted by atomic mass is 16.5. The molecule has 0 bridgehead atoms. The van der Waals surface area contributed by atoms with E-state index in [0.29, 0.717) is 18.7 Å². The second-order valence-electron chi connectivity index (χ2n) is 7.59. The van der Waals surface area contributed by atoms with Crippen molar-refractivity contribution in [3.8, 4) is 5.75 Å². The molecule has 3 aromatic rings. The fourth-order valence-electron chi connectivity index (χ4n) is 4.27. The van der Waals surface area contributed by atoms with Crippen LogP contribution in [-0.4, -0.2) is 29.2 Å². The van der Waals surface area contributed by atoms with E-state index in [1.54, 1.807) is 0 Å². The van der Waals surface area contributed by atoms with Crippen LogP contribution in [0.25, 0.3) is 10.9 Å². The van der Waals surface area contributed by atoms with Gasteiger partial charge in [0.05, 0.1) is 6.54 Å². The number of hydrogen-bond donors (Lipinski definition) is 0. The van der Waals surface area contributed by atoms with E-state index in [-0.39, 0.29) is 0 Å². The van der Waals surface area contributed by atoms with Gasteiger partial charge in [0.2, 0.25) is 0 Å². The van der Waals surface area contributed by atoms with Crippen LogP contribution in [-0.2, 0) is 13.0 Å². The highest BCUT2D eigenvalue weighted by Crippen LogP contribution is 2.39. The minimum atomic E-state index is 0.439. The third kappa shape index (κ3) is 2.90. The number of ether oxygens (including phenoxy) is 1. The van der Waals surface area contributed by atoms with Gasteiger partial charge in [-0.15, -0.1) is 0 Å². The van der Waals surface area contributed by atoms with Crippen LogP contribution in [0, 0.1) is 6.92 Å². The van der Waals surface area contributed by atoms with Gasteiger partial charge in [0.1, 0.15) is 12.4 Å². The van der Waals surface area contributed by atoms with Crippen molar-refractivity contribution in [2.24, 2.45) is 0 Å². The number of aryl methyl sites for hydroxylation is 1. The number of benzene rings is 2. The first kappa shape index (κ1) is 17.2. The molecule has 26 heavy (non-hydrogen) atoms. The van der Waals surface area contributed by atoms with Crippen LogP contribution in [0.1, 0.15) is 36.7 Å². The van der Waals surface area contributed by atoms with Crippen LogP contribution in [0.2, 0.25) is 0 Å². The van der Waals surface area contributed by atoms with Crippen molar-refractivity contribution in [3.63, 3.8) is 0 Å². The van der Waals surface area contributed by atoms with Gasteiger partial charge in [0.15, 0.2) is 0 Å². The molecule has 2 unspecified atom stereocenters. The number of nitrogens with zero attached hydrogens (tertiary/aromatic N) is 2. The minimum Gasteiger partial charge on any atom is -0.492 e. The van der Waals surface area contributed by atoms with Crippen LogP contribution >= 0.6 is 0 Å². The molecule has 0 radical (unpaired) electrons. The van der Waals surface area contributed by atoms with Gasteiger partial charge in [-0.3, -0.25) is 4.90 Å². The summed E-state index contributed by atoms with van der Waals surface area (Å²) in [6, 6.07) is 17.9. The SMILES string of the molecule is Cc1ccc2c(c1)c1c(n2CCOc2ccccc2)CC(C)N(C)C1C. The maximum atomic E-state index is 5.99. The molecule has 0 aliphatic carbocycles. The fourth-order valence-corrected chi connectivity index (χ4v) is 4.27. The average Bonchev–Trinajstić information content (AvgIpc) is 2.93. The summed E-state index contributed by atoms with van der Waals surface area (Å²) in [5.74, 6) is 0.940. The number of likely N-dealkylation sites (N-methyl/N-ethyl adjacent to an activating group) is 1. The molecular formula is C23H28N2O. The van der Waals surface area contributed by atoms with Crippen LogP contribution in [0.4, 0.5) is 0 Å². The third-order valence-electron chi connectivity index (χ3n) is 5.91. The van der Waals surface area contributed by atoms with E-state index in [2.05, 4.69) is 55.5 Å². The van der Waals surface area contributed by atoms with Crippen LogP contribution in [0.5, 0.6) is 5.75 Å². The standard InChI is InChI=1S/C23H28N2O/c1-16-10-11-21-20(14-16)23-18(3)24(4)17(2)15-22(23)25(21)12-13-26-19-8-6-5-7-9-19/h5-11,14,17-18H,12-13,15H2,1-4H3. The maximum absolute atomic E-state index is 5.99. The summed E-state index contributed by atoms with van der Waals surface area (Å²) in [6.07, 6.45) is 1.09. The zero-order valence-electron chi connectivity index (χ0n) is 16.2. The molecule has 0 saturated heterocycles. The second-order valence-corrected chi connectivity index (χ2v) is 7.59. The lowest BCUT2D eigenvalue weighted by Crippen LogP contribution is -2.38. The Morgan fingerprint density at radius 2 is 1.85 bits per heavy atom. The summed E-state index contributed by atoms with van der Waals surface area (Å²) in [5.41, 5.74) is 5.66. The van der Waals surface area contributed by atoms with Crippen molar-refractivity contribution in [1.29, 1.82) is 0 Å². The lowest BCUT2D eigenvalue weighted by atomic mass is 9.93. The molecule has 136 valence electrons. The van der Waals surface area contributed by atoms with Gasteiger partial charge in [-0.25, -0.2) is 0 Å². The summed E-state index contributed by atoms with van der Waals surface area (Å²) in [6.45, 7) is 8.41. The first-order valence-electron chi connectivity index (χ1n) is 9.57. The highest BCUT2D eigenvalue weighted by molar-refractivity contribution is 5.87. The highest BCUT2D eigenvalue weighted by Gasteiger charge is 2.31. The molecule has 2 heterocycles. The monoisotopic (exact) mass is 348 g/mol. The second kappa shape index (κ2) is 6.81. The van der Waals surface area contributed by atoms with Crippen molar-refractivity contribution in [2.45, 2.75) is 45.8 Å². The molecule has 2 aromatic carbocycles. The summed E-state index contributed by atoms with van der Waals surface area (Å²) in [5, 5.41) is 1.41. The number of hydrogen-bond acceptors (Lipinski definition) is 2. The fraction of sp³-hybridized carbons (Fsp3) is 0.391. The summed E-state index contributed by atoms with van der Waals surface area (Å²) >= 11 is 0. The van der Waals surface area contributed by atoms with E-state index >= 15 is 0 Å². The molecule has 0 fully saturated rings. The summed E-state index contributed by atoms with van der Waals surface area (Å²) < 4.78 is 8.48. The Kier molecular flexibility index (Phi) is 4.49. The molecule has 0 amide bonds. The quantitative estimate of drug-likeness (QED) is 0.662. The predicted molar refractivity (Wildman–Crippen MR) is 108 cm³/mol. The first-order chi connectivity index (χ1) is 12.6. The summed E-state index contributed by atoms with van der Waals surface area (Å²) in [7, 11) is 2.25. The van der Waals surface area contributed by atoms with E-state index in [0.717, 1.165) is 18.7 Å². The van der Waals surface area contributed by atoms with E-state index in [9.17, 15) is 0 Å². The van der Waals surface area contributed by atoms with Crippen LogP contribution in [0.3, 0.4) is 0 Å². The predicted octanol–water partition coefficient (Wildman–Crippen LogP) is 4.97. The Morgan fingerprint density at radius 3 is 2.62 bits per heavy atom. The Bertz CT molecular complexity index is 913. The normalized spacial score (nSPS) is 20.3. The maximum Gasteiger partial charge on any atom is 0.119 e. The lowest BCUT2D eigenvalue weighted by molar-refractivity contribution is 0.176. The largest absolute Gasteiger partial charge is 0.492 e. The van der Waals surface area contributed by atoms with Crippen molar-refractivity contribution in [1.82, 2.24) is 9.47 Å². The Balaban J connectivity index is 1.71. The smallest absolute Gasteiger partial charge is 0.119 e. The molecule has 4 rings (SSSR count). The van der Waals surface area contributed by atoms with E-state index < -0.39 is 0 Å². The Labute approximate surface area is 156 Å². The first-order valence-corrected chi connectivity index (χ1v) is 9.57. The van der Waals surface area contributed by atoms with Gasteiger partial charge in [-0.1, -0.05) is 29.8 Å². The molecule has 1 aliphatic rings. The number of para-hydroxylation sites is 1. The van der Waals surface area contributed by atoms with Crippen LogP contribution < -0.4 is 4.74 Å². The number of rotatable bonds is 4. The zero-order valence-corrected chi connectivity index (χ0v) is 16.2. The van der Waals surface area contributed by atoms with E-state index in [4.69, 9.17) is 4.74 Å². The molecule has 1 aromatic heterocycles. The molecule has 0 N–H and O–H groups in total. The number of fused-ring (bicyclic) bond motifs is 3. The van der Waals surface area contributed by atoms with Gasteiger partial charge < -0.3 is 9.30 Å². The molecule has 1 aliphatic heterocycles. The molecule has 0 spiro atoms. The zero-order chi connectivity index (χ0) is 18.3. The minimum absolute atomic E-state index is 0.439. The van der Waals surface area contributed by atoms with E-state index in [1.165, 1.54) is 27.7 Å².